The van der Waals surface area contributed by atoms with E-state index >= 15 is 0 Å². The van der Waals surface area contributed by atoms with Crippen LogP contribution in [0.4, 0.5) is 17.6 Å². The van der Waals surface area contributed by atoms with Gasteiger partial charge < -0.3 is 4.18 Å². The SMILES string of the molecule is O=S(=O)(Oc1ccc2ccc(-c3ccc(F)cc3)cc2c1)C(F)(F)F. The minimum absolute atomic E-state index is 0.391. The summed E-state index contributed by atoms with van der Waals surface area (Å²) in [6.45, 7) is 0. The third kappa shape index (κ3) is 3.58. The molecule has 0 N–H and O–H groups in total. The first-order valence-corrected chi connectivity index (χ1v) is 8.37. The molecule has 0 saturated carbocycles. The van der Waals surface area contributed by atoms with E-state index in [9.17, 15) is 26.0 Å². The summed E-state index contributed by atoms with van der Waals surface area (Å²) in [7, 11) is -5.73. The van der Waals surface area contributed by atoms with Gasteiger partial charge in [-0.05, 0) is 52.2 Å². The smallest absolute Gasteiger partial charge is 0.376 e. The van der Waals surface area contributed by atoms with Crippen molar-refractivity contribution in [1.29, 1.82) is 0 Å². The van der Waals surface area contributed by atoms with Crippen LogP contribution in [0, 0.1) is 5.82 Å². The highest BCUT2D eigenvalue weighted by molar-refractivity contribution is 7.88. The Kier molecular flexibility index (Phi) is 4.16. The molecule has 0 radical (unpaired) electrons. The van der Waals surface area contributed by atoms with Gasteiger partial charge in [0.2, 0.25) is 0 Å². The molecule has 3 nitrogen and oxygen atoms in total. The van der Waals surface area contributed by atoms with Gasteiger partial charge in [0.1, 0.15) is 11.6 Å². The fourth-order valence-corrected chi connectivity index (χ4v) is 2.72. The number of halogens is 4. The molecule has 130 valence electrons. The van der Waals surface area contributed by atoms with Gasteiger partial charge in [-0.2, -0.15) is 21.6 Å². The van der Waals surface area contributed by atoms with Crippen molar-refractivity contribution in [3.8, 4) is 16.9 Å². The van der Waals surface area contributed by atoms with Crippen molar-refractivity contribution in [3.63, 3.8) is 0 Å². The van der Waals surface area contributed by atoms with Gasteiger partial charge in [0.15, 0.2) is 0 Å². The lowest BCUT2D eigenvalue weighted by Gasteiger charge is -2.10. The van der Waals surface area contributed by atoms with Gasteiger partial charge in [-0.3, -0.25) is 0 Å². The average Bonchev–Trinajstić information content (AvgIpc) is 2.53. The van der Waals surface area contributed by atoms with Crippen LogP contribution in [0.15, 0.2) is 60.7 Å². The van der Waals surface area contributed by atoms with E-state index in [4.69, 9.17) is 0 Å². The van der Waals surface area contributed by atoms with Crippen molar-refractivity contribution in [3.05, 3.63) is 66.5 Å². The zero-order chi connectivity index (χ0) is 18.2. The molecule has 0 aliphatic carbocycles. The van der Waals surface area contributed by atoms with Crippen molar-refractivity contribution in [2.45, 2.75) is 5.51 Å². The maximum absolute atomic E-state index is 13.0. The normalized spacial score (nSPS) is 12.3. The Balaban J connectivity index is 2.00. The second-order valence-corrected chi connectivity index (χ2v) is 6.75. The number of rotatable bonds is 3. The number of hydrogen-bond acceptors (Lipinski definition) is 3. The van der Waals surface area contributed by atoms with E-state index in [-0.39, 0.29) is 0 Å². The molecule has 8 heteroatoms. The highest BCUT2D eigenvalue weighted by Crippen LogP contribution is 2.30. The Morgan fingerprint density at radius 1 is 0.760 bits per heavy atom. The maximum atomic E-state index is 13.0. The third-order valence-electron chi connectivity index (χ3n) is 3.48. The van der Waals surface area contributed by atoms with Crippen LogP contribution in [0.5, 0.6) is 5.75 Å². The van der Waals surface area contributed by atoms with E-state index < -0.39 is 27.2 Å². The topological polar surface area (TPSA) is 43.4 Å². The fraction of sp³-hybridized carbons (Fsp3) is 0.0588. The van der Waals surface area contributed by atoms with Crippen LogP contribution < -0.4 is 4.18 Å². The van der Waals surface area contributed by atoms with Crippen LogP contribution in [0.25, 0.3) is 21.9 Å². The third-order valence-corrected chi connectivity index (χ3v) is 4.46. The first-order valence-electron chi connectivity index (χ1n) is 6.96. The van der Waals surface area contributed by atoms with Gasteiger partial charge >= 0.3 is 15.6 Å². The summed E-state index contributed by atoms with van der Waals surface area (Å²) in [5, 5.41) is 1.17. The van der Waals surface area contributed by atoms with E-state index in [2.05, 4.69) is 4.18 Å². The molecule has 0 aliphatic rings. The van der Waals surface area contributed by atoms with Gasteiger partial charge in [0.25, 0.3) is 0 Å². The molecule has 0 fully saturated rings. The molecule has 0 bridgehead atoms. The van der Waals surface area contributed by atoms with Gasteiger partial charge in [0, 0.05) is 0 Å². The van der Waals surface area contributed by atoms with E-state index in [0.29, 0.717) is 21.9 Å². The molecule has 3 rings (SSSR count). The lowest BCUT2D eigenvalue weighted by atomic mass is 10.0. The first-order chi connectivity index (χ1) is 11.7. The Morgan fingerprint density at radius 3 is 2.00 bits per heavy atom. The zero-order valence-electron chi connectivity index (χ0n) is 12.4. The number of benzene rings is 3. The highest BCUT2D eigenvalue weighted by Gasteiger charge is 2.48. The monoisotopic (exact) mass is 370 g/mol. The summed E-state index contributed by atoms with van der Waals surface area (Å²) in [6, 6.07) is 14.6. The van der Waals surface area contributed by atoms with Crippen LogP contribution >= 0.6 is 0 Å². The highest BCUT2D eigenvalue weighted by atomic mass is 32.2. The number of alkyl halides is 3. The lowest BCUT2D eigenvalue weighted by Crippen LogP contribution is -2.28. The summed E-state index contributed by atoms with van der Waals surface area (Å²) >= 11 is 0. The second-order valence-electron chi connectivity index (χ2n) is 5.21. The van der Waals surface area contributed by atoms with E-state index in [1.807, 2.05) is 0 Å². The molecule has 0 amide bonds. The van der Waals surface area contributed by atoms with Crippen molar-refractivity contribution in [2.75, 3.05) is 0 Å². The van der Waals surface area contributed by atoms with Gasteiger partial charge in [-0.1, -0.05) is 30.3 Å². The molecular weight excluding hydrogens is 360 g/mol. The predicted molar refractivity (Wildman–Crippen MR) is 84.9 cm³/mol. The predicted octanol–water partition coefficient (Wildman–Crippen LogP) is 4.87. The van der Waals surface area contributed by atoms with Crippen LogP contribution in [-0.2, 0) is 10.1 Å². The minimum atomic E-state index is -5.73. The molecule has 0 unspecified atom stereocenters. The Hall–Kier alpha value is -2.61. The van der Waals surface area contributed by atoms with Crippen molar-refractivity contribution in [2.24, 2.45) is 0 Å². The Bertz CT molecular complexity index is 1030. The molecule has 3 aromatic carbocycles. The van der Waals surface area contributed by atoms with Crippen molar-refractivity contribution >= 4 is 20.9 Å². The van der Waals surface area contributed by atoms with Crippen LogP contribution in [0.1, 0.15) is 0 Å². The molecule has 0 spiro atoms. The quantitative estimate of drug-likeness (QED) is 0.375. The summed E-state index contributed by atoms with van der Waals surface area (Å²) < 4.78 is 76.5. The summed E-state index contributed by atoms with van der Waals surface area (Å²) in [6.07, 6.45) is 0. The largest absolute Gasteiger partial charge is 0.534 e. The van der Waals surface area contributed by atoms with E-state index in [0.717, 1.165) is 6.07 Å². The fourth-order valence-electron chi connectivity index (χ4n) is 2.27. The maximum Gasteiger partial charge on any atom is 0.534 e. The minimum Gasteiger partial charge on any atom is -0.376 e. The molecule has 25 heavy (non-hydrogen) atoms. The standard InChI is InChI=1S/C17H10F4O3S/c18-15-6-3-11(4-7-15)13-2-1-12-5-8-16(10-14(12)9-13)24-25(22,23)17(19,20)21/h1-10H. The van der Waals surface area contributed by atoms with Gasteiger partial charge in [0.05, 0.1) is 0 Å². The van der Waals surface area contributed by atoms with Gasteiger partial charge in [-0.25, -0.2) is 4.39 Å². The molecular formula is C17H10F4O3S. The molecule has 3 aromatic rings. The average molecular weight is 370 g/mol. The summed E-state index contributed by atoms with van der Waals surface area (Å²) in [5.74, 6) is -0.835. The molecule has 0 atom stereocenters. The van der Waals surface area contributed by atoms with Crippen LogP contribution in [0.2, 0.25) is 0 Å². The Morgan fingerprint density at radius 2 is 1.36 bits per heavy atom. The zero-order valence-corrected chi connectivity index (χ0v) is 13.2. The van der Waals surface area contributed by atoms with Crippen LogP contribution in [0.3, 0.4) is 0 Å². The second kappa shape index (κ2) is 6.03. The van der Waals surface area contributed by atoms with Gasteiger partial charge in [-0.15, -0.1) is 0 Å². The Labute approximate surface area is 140 Å². The lowest BCUT2D eigenvalue weighted by molar-refractivity contribution is -0.0500. The number of hydrogen-bond donors (Lipinski definition) is 0. The molecule has 0 aliphatic heterocycles. The molecule has 0 saturated heterocycles. The van der Waals surface area contributed by atoms with Crippen molar-refractivity contribution < 1.29 is 30.2 Å². The number of fused-ring (bicyclic) bond motifs is 1. The van der Waals surface area contributed by atoms with E-state index in [1.54, 1.807) is 30.3 Å². The first kappa shape index (κ1) is 17.2. The van der Waals surface area contributed by atoms with E-state index in [1.165, 1.54) is 24.3 Å². The van der Waals surface area contributed by atoms with Crippen molar-refractivity contribution in [1.82, 2.24) is 0 Å². The molecule has 0 aromatic heterocycles. The van der Waals surface area contributed by atoms with Crippen LogP contribution in [-0.4, -0.2) is 13.9 Å². The summed E-state index contributed by atoms with van der Waals surface area (Å²) in [4.78, 5) is 0. The molecule has 0 heterocycles. The summed E-state index contributed by atoms with van der Waals surface area (Å²) in [5.41, 5.74) is -4.10.